The van der Waals surface area contributed by atoms with E-state index < -0.39 is 14.4 Å². The van der Waals surface area contributed by atoms with Crippen LogP contribution in [-0.4, -0.2) is 38.6 Å². The third-order valence-electron chi connectivity index (χ3n) is 4.96. The monoisotopic (exact) mass is 314 g/mol. The lowest BCUT2D eigenvalue weighted by Crippen LogP contribution is -2.46. The van der Waals surface area contributed by atoms with Crippen LogP contribution in [0.3, 0.4) is 0 Å². The zero-order valence-electron chi connectivity index (χ0n) is 13.8. The van der Waals surface area contributed by atoms with Crippen LogP contribution < -0.4 is 0 Å². The Morgan fingerprint density at radius 1 is 1.29 bits per heavy atom. The molecular formula is C15H26O5Si. The van der Waals surface area contributed by atoms with Crippen LogP contribution in [0.1, 0.15) is 40.5 Å². The molecule has 2 fully saturated rings. The second-order valence-electron chi connectivity index (χ2n) is 7.64. The van der Waals surface area contributed by atoms with Gasteiger partial charge in [0.25, 0.3) is 0 Å². The van der Waals surface area contributed by atoms with Gasteiger partial charge in [-0.2, -0.15) is 0 Å². The molecule has 2 aliphatic rings. The first-order valence-electron chi connectivity index (χ1n) is 7.57. The maximum Gasteiger partial charge on any atom is 0.334 e. The first-order valence-corrected chi connectivity index (χ1v) is 10.5. The molecule has 0 aromatic carbocycles. The number of hydrogen-bond acceptors (Lipinski definition) is 5. The van der Waals surface area contributed by atoms with Gasteiger partial charge in [-0.15, -0.1) is 0 Å². The van der Waals surface area contributed by atoms with Crippen molar-refractivity contribution < 1.29 is 23.5 Å². The highest BCUT2D eigenvalue weighted by atomic mass is 28.4. The van der Waals surface area contributed by atoms with Crippen molar-refractivity contribution in [3.63, 3.8) is 0 Å². The first kappa shape index (κ1) is 16.5. The van der Waals surface area contributed by atoms with Gasteiger partial charge in [-0.05, 0) is 24.6 Å². The summed E-state index contributed by atoms with van der Waals surface area (Å²) in [6.45, 7) is 12.1. The molecule has 1 saturated heterocycles. The number of carbonyl (C=O) groups excluding carboxylic acids is 2. The van der Waals surface area contributed by atoms with E-state index in [-0.39, 0.29) is 35.1 Å². The van der Waals surface area contributed by atoms with Crippen molar-refractivity contribution in [1.29, 1.82) is 0 Å². The lowest BCUT2D eigenvalue weighted by molar-refractivity contribution is -0.150. The highest BCUT2D eigenvalue weighted by molar-refractivity contribution is 6.74. The quantitative estimate of drug-likeness (QED) is 0.592. The van der Waals surface area contributed by atoms with E-state index in [9.17, 15) is 9.59 Å². The molecule has 1 saturated carbocycles. The van der Waals surface area contributed by atoms with E-state index in [0.717, 1.165) is 0 Å². The summed E-state index contributed by atoms with van der Waals surface area (Å²) in [6, 6.07) is 0. The first-order chi connectivity index (χ1) is 9.51. The van der Waals surface area contributed by atoms with Crippen molar-refractivity contribution in [2.24, 2.45) is 5.92 Å². The summed E-state index contributed by atoms with van der Waals surface area (Å²) in [6.07, 6.45) is 0.409. The molecule has 0 N–H and O–H groups in total. The van der Waals surface area contributed by atoms with E-state index in [0.29, 0.717) is 12.8 Å². The summed E-state index contributed by atoms with van der Waals surface area (Å²) >= 11 is 0. The summed E-state index contributed by atoms with van der Waals surface area (Å²) in [5.41, 5.74) is 0. The van der Waals surface area contributed by atoms with Crippen LogP contribution in [0.25, 0.3) is 0 Å². The molecule has 0 aromatic rings. The van der Waals surface area contributed by atoms with Crippen molar-refractivity contribution >= 4 is 20.3 Å². The van der Waals surface area contributed by atoms with E-state index in [1.807, 2.05) is 0 Å². The molecule has 0 radical (unpaired) electrons. The molecule has 0 unspecified atom stereocenters. The summed E-state index contributed by atoms with van der Waals surface area (Å²) in [7, 11) is -2.03. The maximum atomic E-state index is 12.1. The van der Waals surface area contributed by atoms with Crippen LogP contribution in [0.2, 0.25) is 18.1 Å². The zero-order valence-corrected chi connectivity index (χ0v) is 14.8. The summed E-state index contributed by atoms with van der Waals surface area (Å²) in [4.78, 5) is 23.2. The van der Waals surface area contributed by atoms with E-state index in [4.69, 9.17) is 13.9 Å². The van der Waals surface area contributed by atoms with Crippen LogP contribution in [0, 0.1) is 5.92 Å². The maximum absolute atomic E-state index is 12.1. The average molecular weight is 314 g/mol. The largest absolute Gasteiger partial charge is 0.462 e. The standard InChI is InChI=1S/C15H26O5Si/c1-9(16)18-10-7-11-12(8-10)19-14(17)13(11)20-21(5,6)15(2,3)4/h10-13H,7-8H2,1-6H3/t10-,11-,12+,13-/m1/s1. The van der Waals surface area contributed by atoms with Crippen LogP contribution in [0.4, 0.5) is 0 Å². The van der Waals surface area contributed by atoms with Crippen LogP contribution in [-0.2, 0) is 23.5 Å². The van der Waals surface area contributed by atoms with Crippen LogP contribution in [0.15, 0.2) is 0 Å². The molecule has 1 heterocycles. The lowest BCUT2D eigenvalue weighted by atomic mass is 10.0. The van der Waals surface area contributed by atoms with Gasteiger partial charge >= 0.3 is 11.9 Å². The number of esters is 2. The fraction of sp³-hybridized carbons (Fsp3) is 0.867. The minimum Gasteiger partial charge on any atom is -0.462 e. The highest BCUT2D eigenvalue weighted by Gasteiger charge is 2.54. The van der Waals surface area contributed by atoms with Crippen molar-refractivity contribution in [1.82, 2.24) is 0 Å². The molecule has 4 atom stereocenters. The van der Waals surface area contributed by atoms with Crippen molar-refractivity contribution in [3.05, 3.63) is 0 Å². The van der Waals surface area contributed by atoms with Crippen LogP contribution >= 0.6 is 0 Å². The van der Waals surface area contributed by atoms with Crippen molar-refractivity contribution in [2.75, 3.05) is 0 Å². The Labute approximate surface area is 127 Å². The topological polar surface area (TPSA) is 61.8 Å². The Morgan fingerprint density at radius 2 is 1.90 bits per heavy atom. The average Bonchev–Trinajstić information content (AvgIpc) is 2.76. The molecule has 0 bridgehead atoms. The fourth-order valence-electron chi connectivity index (χ4n) is 2.79. The van der Waals surface area contributed by atoms with E-state index in [2.05, 4.69) is 33.9 Å². The molecule has 6 heteroatoms. The molecule has 1 aliphatic heterocycles. The van der Waals surface area contributed by atoms with Gasteiger partial charge < -0.3 is 13.9 Å². The predicted molar refractivity (Wildman–Crippen MR) is 80.2 cm³/mol. The summed E-state index contributed by atoms with van der Waals surface area (Å²) < 4.78 is 17.0. The molecule has 1 aliphatic carbocycles. The van der Waals surface area contributed by atoms with Gasteiger partial charge in [0, 0.05) is 19.3 Å². The number of hydrogen-bond donors (Lipinski definition) is 0. The molecule has 5 nitrogen and oxygen atoms in total. The lowest BCUT2D eigenvalue weighted by Gasteiger charge is -2.38. The molecule has 0 spiro atoms. The third-order valence-corrected chi connectivity index (χ3v) is 9.41. The molecular weight excluding hydrogens is 288 g/mol. The van der Waals surface area contributed by atoms with Gasteiger partial charge in [0.05, 0.1) is 0 Å². The second kappa shape index (κ2) is 5.39. The number of ether oxygens (including phenoxy) is 2. The molecule has 0 amide bonds. The zero-order chi connectivity index (χ0) is 16.0. The Kier molecular flexibility index (Phi) is 4.23. The Morgan fingerprint density at radius 3 is 2.43 bits per heavy atom. The van der Waals surface area contributed by atoms with Crippen molar-refractivity contribution in [3.8, 4) is 0 Å². The minimum atomic E-state index is -2.03. The van der Waals surface area contributed by atoms with E-state index in [1.54, 1.807) is 0 Å². The molecule has 2 rings (SSSR count). The molecule has 120 valence electrons. The summed E-state index contributed by atoms with van der Waals surface area (Å²) in [5, 5.41) is 0.0409. The predicted octanol–water partition coefficient (Wildman–Crippen LogP) is 2.64. The Balaban J connectivity index is 2.07. The van der Waals surface area contributed by atoms with Gasteiger partial charge in [-0.25, -0.2) is 4.79 Å². The van der Waals surface area contributed by atoms with Gasteiger partial charge in [0.1, 0.15) is 18.3 Å². The fourth-order valence-corrected chi connectivity index (χ4v) is 4.05. The number of rotatable bonds is 3. The van der Waals surface area contributed by atoms with Gasteiger partial charge in [-0.3, -0.25) is 4.79 Å². The molecule has 0 aromatic heterocycles. The van der Waals surface area contributed by atoms with E-state index in [1.165, 1.54) is 6.92 Å². The molecule has 21 heavy (non-hydrogen) atoms. The van der Waals surface area contributed by atoms with Gasteiger partial charge in [0.2, 0.25) is 0 Å². The minimum absolute atomic E-state index is 0.0102. The Bertz CT molecular complexity index is 440. The van der Waals surface area contributed by atoms with Crippen LogP contribution in [0.5, 0.6) is 0 Å². The SMILES string of the molecule is CC(=O)O[C@@H]1C[C@@H]2[C@H](C1)OC(=O)[C@@H]2O[Si](C)(C)C(C)(C)C. The highest BCUT2D eigenvalue weighted by Crippen LogP contribution is 2.44. The van der Waals surface area contributed by atoms with Gasteiger partial charge in [0.15, 0.2) is 8.32 Å². The third kappa shape index (κ3) is 3.31. The van der Waals surface area contributed by atoms with Crippen molar-refractivity contribution in [2.45, 2.75) is 77.0 Å². The number of carbonyl (C=O) groups is 2. The smallest absolute Gasteiger partial charge is 0.334 e. The second-order valence-corrected chi connectivity index (χ2v) is 12.4. The van der Waals surface area contributed by atoms with E-state index >= 15 is 0 Å². The normalized spacial score (nSPS) is 32.8. The number of fused-ring (bicyclic) bond motifs is 1. The Hall–Kier alpha value is -0.883. The summed E-state index contributed by atoms with van der Waals surface area (Å²) in [5.74, 6) is -0.528. The van der Waals surface area contributed by atoms with Gasteiger partial charge in [-0.1, -0.05) is 20.8 Å².